The number of aliphatic hydroxyl groups excluding tert-OH is 1. The molecule has 1 aromatic carbocycles. The highest BCUT2D eigenvalue weighted by atomic mass is 16.7. The van der Waals surface area contributed by atoms with Crippen molar-refractivity contribution in [1.82, 2.24) is 4.90 Å². The minimum Gasteiger partial charge on any atom is -0.491 e. The number of ether oxygens (including phenoxy) is 3. The van der Waals surface area contributed by atoms with Gasteiger partial charge in [-0.2, -0.15) is 0 Å². The third-order valence-corrected chi connectivity index (χ3v) is 4.45. The zero-order valence-electron chi connectivity index (χ0n) is 13.2. The van der Waals surface area contributed by atoms with Gasteiger partial charge < -0.3 is 19.3 Å². The van der Waals surface area contributed by atoms with E-state index in [-0.39, 0.29) is 6.79 Å². The second-order valence-electron chi connectivity index (χ2n) is 6.03. The van der Waals surface area contributed by atoms with E-state index in [1.54, 1.807) is 0 Å². The van der Waals surface area contributed by atoms with Crippen molar-refractivity contribution in [2.45, 2.75) is 44.8 Å². The SMILES string of the molecule is CC[C@@H]1CCCCN1C[C@H](O)COc1ccc2c(c1)OCO2. The Hall–Kier alpha value is -1.46. The Morgan fingerprint density at radius 2 is 2.18 bits per heavy atom. The summed E-state index contributed by atoms with van der Waals surface area (Å²) < 4.78 is 16.3. The Kier molecular flexibility index (Phi) is 5.05. The number of hydrogen-bond donors (Lipinski definition) is 1. The van der Waals surface area contributed by atoms with Crippen molar-refractivity contribution in [2.75, 3.05) is 26.5 Å². The van der Waals surface area contributed by atoms with Gasteiger partial charge in [0.1, 0.15) is 18.5 Å². The molecule has 0 aliphatic carbocycles. The first-order chi connectivity index (χ1) is 10.8. The molecule has 0 bridgehead atoms. The molecule has 0 spiro atoms. The molecule has 1 saturated heterocycles. The number of β-amino-alcohol motifs (C(OH)–C–C–N with tert-alkyl or cyclic N) is 1. The molecule has 0 saturated carbocycles. The first-order valence-corrected chi connectivity index (χ1v) is 8.21. The van der Waals surface area contributed by atoms with Gasteiger partial charge in [-0.3, -0.25) is 4.90 Å². The summed E-state index contributed by atoms with van der Waals surface area (Å²) in [5.41, 5.74) is 0. The average Bonchev–Trinajstić information content (AvgIpc) is 3.01. The van der Waals surface area contributed by atoms with Crippen LogP contribution in [-0.2, 0) is 0 Å². The zero-order valence-corrected chi connectivity index (χ0v) is 13.2. The maximum Gasteiger partial charge on any atom is 0.231 e. The monoisotopic (exact) mass is 307 g/mol. The Balaban J connectivity index is 1.48. The molecular weight excluding hydrogens is 282 g/mol. The molecule has 1 aromatic rings. The van der Waals surface area contributed by atoms with E-state index in [1.807, 2.05) is 18.2 Å². The summed E-state index contributed by atoms with van der Waals surface area (Å²) >= 11 is 0. The normalized spacial score (nSPS) is 22.5. The van der Waals surface area contributed by atoms with Crippen LogP contribution in [0, 0.1) is 0 Å². The number of fused-ring (bicyclic) bond motifs is 1. The van der Waals surface area contributed by atoms with Gasteiger partial charge in [-0.25, -0.2) is 0 Å². The lowest BCUT2D eigenvalue weighted by molar-refractivity contribution is 0.0387. The number of benzene rings is 1. The highest BCUT2D eigenvalue weighted by Crippen LogP contribution is 2.35. The Morgan fingerprint density at radius 1 is 1.32 bits per heavy atom. The van der Waals surface area contributed by atoms with Crippen LogP contribution in [0.25, 0.3) is 0 Å². The van der Waals surface area contributed by atoms with E-state index < -0.39 is 6.10 Å². The summed E-state index contributed by atoms with van der Waals surface area (Å²) in [6.07, 6.45) is 4.45. The second-order valence-corrected chi connectivity index (χ2v) is 6.03. The maximum atomic E-state index is 10.2. The number of hydrogen-bond acceptors (Lipinski definition) is 5. The first-order valence-electron chi connectivity index (χ1n) is 8.21. The van der Waals surface area contributed by atoms with Crippen LogP contribution in [0.4, 0.5) is 0 Å². The van der Waals surface area contributed by atoms with Gasteiger partial charge in [0.2, 0.25) is 6.79 Å². The fourth-order valence-corrected chi connectivity index (χ4v) is 3.25. The van der Waals surface area contributed by atoms with Gasteiger partial charge in [0, 0.05) is 18.7 Å². The fraction of sp³-hybridized carbons (Fsp3) is 0.647. The number of rotatable bonds is 6. The molecule has 0 aromatic heterocycles. The summed E-state index contributed by atoms with van der Waals surface area (Å²) in [5, 5.41) is 10.2. The van der Waals surface area contributed by atoms with Crippen molar-refractivity contribution in [3.8, 4) is 17.2 Å². The van der Waals surface area contributed by atoms with Crippen LogP contribution >= 0.6 is 0 Å². The minimum absolute atomic E-state index is 0.259. The molecule has 0 amide bonds. The molecule has 3 rings (SSSR count). The number of likely N-dealkylation sites (tertiary alicyclic amines) is 1. The van der Waals surface area contributed by atoms with Gasteiger partial charge in [-0.05, 0) is 37.9 Å². The highest BCUT2D eigenvalue weighted by molar-refractivity contribution is 5.46. The number of nitrogens with zero attached hydrogens (tertiary/aromatic N) is 1. The van der Waals surface area contributed by atoms with E-state index in [9.17, 15) is 5.11 Å². The van der Waals surface area contributed by atoms with Crippen molar-refractivity contribution in [2.24, 2.45) is 0 Å². The molecule has 22 heavy (non-hydrogen) atoms. The van der Waals surface area contributed by atoms with Gasteiger partial charge in [0.15, 0.2) is 11.5 Å². The molecule has 122 valence electrons. The van der Waals surface area contributed by atoms with E-state index in [2.05, 4.69) is 11.8 Å². The molecule has 5 heteroatoms. The fourth-order valence-electron chi connectivity index (χ4n) is 3.25. The van der Waals surface area contributed by atoms with Crippen LogP contribution in [0.5, 0.6) is 17.2 Å². The summed E-state index contributed by atoms with van der Waals surface area (Å²) in [6, 6.07) is 6.09. The van der Waals surface area contributed by atoms with E-state index in [0.29, 0.717) is 30.7 Å². The average molecular weight is 307 g/mol. The molecule has 1 fully saturated rings. The van der Waals surface area contributed by atoms with Crippen LogP contribution in [0.3, 0.4) is 0 Å². The molecule has 2 heterocycles. The smallest absolute Gasteiger partial charge is 0.231 e. The molecular formula is C17H25NO4. The predicted octanol–water partition coefficient (Wildman–Crippen LogP) is 2.42. The Morgan fingerprint density at radius 3 is 3.05 bits per heavy atom. The Labute approximate surface area is 131 Å². The predicted molar refractivity (Wildman–Crippen MR) is 83.6 cm³/mol. The highest BCUT2D eigenvalue weighted by Gasteiger charge is 2.23. The van der Waals surface area contributed by atoms with Gasteiger partial charge >= 0.3 is 0 Å². The van der Waals surface area contributed by atoms with E-state index in [4.69, 9.17) is 14.2 Å². The lowest BCUT2D eigenvalue weighted by Crippen LogP contribution is -2.44. The van der Waals surface area contributed by atoms with Crippen LogP contribution in [0.2, 0.25) is 0 Å². The molecule has 5 nitrogen and oxygen atoms in total. The van der Waals surface area contributed by atoms with Crippen LogP contribution in [0.1, 0.15) is 32.6 Å². The van der Waals surface area contributed by atoms with Gasteiger partial charge in [-0.1, -0.05) is 13.3 Å². The molecule has 1 N–H and O–H groups in total. The van der Waals surface area contributed by atoms with Crippen molar-refractivity contribution in [3.05, 3.63) is 18.2 Å². The quantitative estimate of drug-likeness (QED) is 0.875. The molecule has 2 aliphatic rings. The first kappa shape index (κ1) is 15.4. The van der Waals surface area contributed by atoms with E-state index in [1.165, 1.54) is 19.3 Å². The third-order valence-electron chi connectivity index (χ3n) is 4.45. The number of aliphatic hydroxyl groups is 1. The Bertz CT molecular complexity index is 494. The lowest BCUT2D eigenvalue weighted by atomic mass is 10.00. The van der Waals surface area contributed by atoms with Gasteiger partial charge in [0.25, 0.3) is 0 Å². The van der Waals surface area contributed by atoms with Crippen LogP contribution in [-0.4, -0.2) is 48.6 Å². The standard InChI is InChI=1S/C17H25NO4/c1-2-13-5-3-4-8-18(13)10-14(19)11-20-15-6-7-16-17(9-15)22-12-21-16/h6-7,9,13-14,19H,2-5,8,10-12H2,1H3/t13-,14+/m1/s1. The van der Waals surface area contributed by atoms with Crippen LogP contribution in [0.15, 0.2) is 18.2 Å². The van der Waals surface area contributed by atoms with Crippen molar-refractivity contribution in [3.63, 3.8) is 0 Å². The summed E-state index contributed by atoms with van der Waals surface area (Å²) in [4.78, 5) is 2.40. The van der Waals surface area contributed by atoms with E-state index >= 15 is 0 Å². The van der Waals surface area contributed by atoms with Crippen molar-refractivity contribution >= 4 is 0 Å². The second kappa shape index (κ2) is 7.20. The number of piperidine rings is 1. The molecule has 2 atom stereocenters. The van der Waals surface area contributed by atoms with Gasteiger partial charge in [0.05, 0.1) is 0 Å². The van der Waals surface area contributed by atoms with Crippen LogP contribution < -0.4 is 14.2 Å². The maximum absolute atomic E-state index is 10.2. The zero-order chi connectivity index (χ0) is 15.4. The van der Waals surface area contributed by atoms with Crippen molar-refractivity contribution < 1.29 is 19.3 Å². The summed E-state index contributed by atoms with van der Waals surface area (Å²) in [6.45, 7) is 4.54. The summed E-state index contributed by atoms with van der Waals surface area (Å²) in [7, 11) is 0. The molecule has 0 radical (unpaired) electrons. The van der Waals surface area contributed by atoms with E-state index in [0.717, 1.165) is 18.7 Å². The minimum atomic E-state index is -0.474. The summed E-state index contributed by atoms with van der Waals surface area (Å²) in [5.74, 6) is 2.15. The largest absolute Gasteiger partial charge is 0.491 e. The topological polar surface area (TPSA) is 51.2 Å². The molecule has 2 aliphatic heterocycles. The lowest BCUT2D eigenvalue weighted by Gasteiger charge is -2.36. The van der Waals surface area contributed by atoms with Crippen molar-refractivity contribution in [1.29, 1.82) is 0 Å². The molecule has 0 unspecified atom stereocenters. The third kappa shape index (κ3) is 3.65. The van der Waals surface area contributed by atoms with Gasteiger partial charge in [-0.15, -0.1) is 0 Å².